The molecule has 1 aliphatic carbocycles. The van der Waals surface area contributed by atoms with Gasteiger partial charge in [0.25, 0.3) is 0 Å². The Kier molecular flexibility index (Phi) is 11.0. The highest BCUT2D eigenvalue weighted by molar-refractivity contribution is 5.97. The monoisotopic (exact) mass is 802 g/mol. The van der Waals surface area contributed by atoms with E-state index in [9.17, 15) is 25.5 Å². The van der Waals surface area contributed by atoms with E-state index < -0.39 is 30.1 Å². The molecule has 3 aliphatic heterocycles. The maximum absolute atomic E-state index is 12.7. The summed E-state index contributed by atoms with van der Waals surface area (Å²) in [7, 11) is 1.67. The number of methoxy groups -OCH3 is 1. The number of rotatable bonds is 11. The Bertz CT molecular complexity index is 2350. The molecule has 10 nitrogen and oxygen atoms in total. The summed E-state index contributed by atoms with van der Waals surface area (Å²) in [6.07, 6.45) is 5.36. The van der Waals surface area contributed by atoms with Gasteiger partial charge in [0.2, 0.25) is 0 Å². The maximum atomic E-state index is 12.7. The van der Waals surface area contributed by atoms with Crippen molar-refractivity contribution in [3.8, 4) is 51.4 Å². The van der Waals surface area contributed by atoms with Gasteiger partial charge in [0.05, 0.1) is 31.5 Å². The normalized spacial score (nSPS) is 22.5. The Balaban J connectivity index is 1.14. The van der Waals surface area contributed by atoms with Crippen molar-refractivity contribution in [3.63, 3.8) is 0 Å². The number of aliphatic hydroxyl groups excluding tert-OH is 2. The minimum absolute atomic E-state index is 0.0643. The minimum atomic E-state index is -1.04. The number of phenolic OH excluding ortho intramolecular Hbond substituents is 3. The molecule has 10 heteroatoms. The molecule has 1 saturated carbocycles. The molecule has 0 unspecified atom stereocenters. The molecular weight excluding hydrogens is 749 g/mol. The zero-order chi connectivity index (χ0) is 40.8. The van der Waals surface area contributed by atoms with E-state index in [4.69, 9.17) is 23.7 Å². The number of hydrogen-bond acceptors (Lipinski definition) is 10. The summed E-state index contributed by atoms with van der Waals surface area (Å²) in [4.78, 5) is 0. The van der Waals surface area contributed by atoms with Crippen molar-refractivity contribution in [2.75, 3.05) is 26.9 Å². The molecule has 9 rings (SSSR count). The van der Waals surface area contributed by atoms with Crippen LogP contribution in [0.1, 0.15) is 97.5 Å². The number of ether oxygens (including phenoxy) is 5. The number of fused-ring (bicyclic) bond motifs is 7. The first kappa shape index (κ1) is 39.3. The molecule has 4 aliphatic rings. The van der Waals surface area contributed by atoms with Gasteiger partial charge >= 0.3 is 0 Å². The zero-order valence-corrected chi connectivity index (χ0v) is 33.8. The Morgan fingerprint density at radius 2 is 1.61 bits per heavy atom. The van der Waals surface area contributed by atoms with Gasteiger partial charge in [-0.1, -0.05) is 19.1 Å². The fourth-order valence-corrected chi connectivity index (χ4v) is 10.1. The van der Waals surface area contributed by atoms with Crippen molar-refractivity contribution >= 4 is 10.8 Å². The average molecular weight is 803 g/mol. The van der Waals surface area contributed by atoms with Gasteiger partial charge in [-0.3, -0.25) is 0 Å². The molecule has 5 aromatic rings. The number of aromatic hydroxyl groups is 3. The third-order valence-electron chi connectivity index (χ3n) is 13.0. The lowest BCUT2D eigenvalue weighted by molar-refractivity contribution is -0.0888. The summed E-state index contributed by atoms with van der Waals surface area (Å²) in [5.74, 6) is 1.83. The Morgan fingerprint density at radius 1 is 0.780 bits per heavy atom. The topological polar surface area (TPSA) is 147 Å². The van der Waals surface area contributed by atoms with E-state index in [2.05, 4.69) is 0 Å². The van der Waals surface area contributed by atoms with E-state index in [1.54, 1.807) is 37.4 Å². The Hall–Kier alpha value is -5.16. The number of hydrogen-bond donors (Lipinski definition) is 5. The van der Waals surface area contributed by atoms with Crippen molar-refractivity contribution < 1.29 is 49.2 Å². The van der Waals surface area contributed by atoms with Crippen LogP contribution in [0.4, 0.5) is 0 Å². The zero-order valence-electron chi connectivity index (χ0n) is 33.8. The van der Waals surface area contributed by atoms with E-state index in [0.29, 0.717) is 79.4 Å². The van der Waals surface area contributed by atoms with Crippen LogP contribution in [0, 0.1) is 11.8 Å². The third kappa shape index (κ3) is 7.40. The molecule has 1 fully saturated rings. The molecule has 0 bridgehead atoms. The lowest BCUT2D eigenvalue weighted by Crippen LogP contribution is -2.46. The number of phenols is 3. The van der Waals surface area contributed by atoms with Crippen LogP contribution in [0.2, 0.25) is 0 Å². The Labute approximate surface area is 344 Å². The molecule has 3 heterocycles. The second-order valence-corrected chi connectivity index (χ2v) is 16.7. The van der Waals surface area contributed by atoms with Gasteiger partial charge in [0, 0.05) is 65.0 Å². The smallest absolute Gasteiger partial charge is 0.133 e. The van der Waals surface area contributed by atoms with Crippen molar-refractivity contribution in [3.05, 3.63) is 100 Å². The van der Waals surface area contributed by atoms with Crippen LogP contribution in [0.25, 0.3) is 21.9 Å². The van der Waals surface area contributed by atoms with E-state index in [-0.39, 0.29) is 30.0 Å². The van der Waals surface area contributed by atoms with Crippen molar-refractivity contribution in [2.24, 2.45) is 11.8 Å². The van der Waals surface area contributed by atoms with Gasteiger partial charge in [0.1, 0.15) is 46.4 Å². The number of aryl methyl sites for hydroxylation is 1. The molecular formula is C49H54O10. The third-order valence-corrected chi connectivity index (χ3v) is 13.0. The second kappa shape index (κ2) is 16.5. The van der Waals surface area contributed by atoms with Crippen LogP contribution < -0.4 is 18.9 Å². The highest BCUT2D eigenvalue weighted by Gasteiger charge is 2.49. The molecule has 0 aromatic heterocycles. The molecule has 0 radical (unpaired) electrons. The standard InChI is InChI=1S/C49H54O10/c1-3-27-22-37(28-9-6-10-31(50)20-28)29(23-41(27)52)19-30-21-34(58-33-11-4-5-12-33)25-39-45(53)40(26-57-47(30)39)43-42(14-8-17-55-2)59-49-35-16-15-32(51)24-38(35)48-36(13-7-18-56-48)44(49)46(43)54/h6,9-10,15-16,20-25,33,40,42-43,45-46,50-54H,3-5,7-8,11-14,17-19,26H2,1-2H3/t40-,42-,43-,45-,46-/m1/s1. The van der Waals surface area contributed by atoms with E-state index in [0.717, 1.165) is 76.3 Å². The van der Waals surface area contributed by atoms with Gasteiger partial charge in [-0.2, -0.15) is 0 Å². The van der Waals surface area contributed by atoms with Crippen LogP contribution in [0.3, 0.4) is 0 Å². The van der Waals surface area contributed by atoms with Gasteiger partial charge in [0.15, 0.2) is 0 Å². The lowest BCUT2D eigenvalue weighted by Gasteiger charge is -2.46. The van der Waals surface area contributed by atoms with Crippen LogP contribution in [-0.2, 0) is 24.0 Å². The highest BCUT2D eigenvalue weighted by atomic mass is 16.5. The first-order chi connectivity index (χ1) is 28.7. The fourth-order valence-electron chi connectivity index (χ4n) is 10.1. The maximum Gasteiger partial charge on any atom is 0.133 e. The molecule has 59 heavy (non-hydrogen) atoms. The predicted molar refractivity (Wildman–Crippen MR) is 224 cm³/mol. The molecule has 5 atom stereocenters. The van der Waals surface area contributed by atoms with Crippen molar-refractivity contribution in [2.45, 2.75) is 95.5 Å². The molecule has 0 amide bonds. The van der Waals surface area contributed by atoms with Crippen LogP contribution >= 0.6 is 0 Å². The SMILES string of the molecule is CCc1cc(-c2cccc(O)c2)c(Cc2cc(OC3CCCC3)cc3c2OC[C@H]([C@@H]2[C@@H](CCCOC)Oc4c(c5c(c6cc(O)ccc46)OCCC5)[C@@H]2O)[C@@H]3O)cc1O. The van der Waals surface area contributed by atoms with E-state index in [1.165, 1.54) is 0 Å². The molecule has 5 N–H and O–H groups in total. The number of benzene rings is 5. The van der Waals surface area contributed by atoms with E-state index in [1.807, 2.05) is 43.3 Å². The van der Waals surface area contributed by atoms with Crippen LogP contribution in [-0.4, -0.2) is 64.7 Å². The van der Waals surface area contributed by atoms with Crippen molar-refractivity contribution in [1.29, 1.82) is 0 Å². The lowest BCUT2D eigenvalue weighted by atomic mass is 9.71. The summed E-state index contributed by atoms with van der Waals surface area (Å²) in [5, 5.41) is 58.9. The predicted octanol–water partition coefficient (Wildman–Crippen LogP) is 9.00. The van der Waals surface area contributed by atoms with E-state index >= 15 is 0 Å². The van der Waals surface area contributed by atoms with Gasteiger partial charge in [-0.25, -0.2) is 0 Å². The fraction of sp³-hybridized carbons (Fsp3) is 0.429. The summed E-state index contributed by atoms with van der Waals surface area (Å²) < 4.78 is 32.1. The average Bonchev–Trinajstić information content (AvgIpc) is 3.75. The van der Waals surface area contributed by atoms with Crippen LogP contribution in [0.5, 0.6) is 40.2 Å². The molecule has 0 saturated heterocycles. The molecule has 310 valence electrons. The van der Waals surface area contributed by atoms with Gasteiger partial charge < -0.3 is 49.2 Å². The first-order valence-electron chi connectivity index (χ1n) is 21.3. The Morgan fingerprint density at radius 3 is 2.41 bits per heavy atom. The summed E-state index contributed by atoms with van der Waals surface area (Å²) in [6.45, 7) is 3.18. The number of aliphatic hydroxyl groups is 2. The van der Waals surface area contributed by atoms with Gasteiger partial charge in [-0.15, -0.1) is 0 Å². The first-order valence-corrected chi connectivity index (χ1v) is 21.3. The van der Waals surface area contributed by atoms with Crippen molar-refractivity contribution in [1.82, 2.24) is 0 Å². The second-order valence-electron chi connectivity index (χ2n) is 16.7. The summed E-state index contributed by atoms with van der Waals surface area (Å²) in [6, 6.07) is 20.0. The highest BCUT2D eigenvalue weighted by Crippen LogP contribution is 2.56. The molecule has 0 spiro atoms. The van der Waals surface area contributed by atoms with Gasteiger partial charge in [-0.05, 0) is 135 Å². The molecule has 5 aromatic carbocycles. The minimum Gasteiger partial charge on any atom is -0.508 e. The summed E-state index contributed by atoms with van der Waals surface area (Å²) in [5.41, 5.74) is 6.30. The quantitative estimate of drug-likeness (QED) is 0.0820. The largest absolute Gasteiger partial charge is 0.508 e. The summed E-state index contributed by atoms with van der Waals surface area (Å²) >= 11 is 0. The van der Waals surface area contributed by atoms with Crippen LogP contribution in [0.15, 0.2) is 66.7 Å².